The summed E-state index contributed by atoms with van der Waals surface area (Å²) in [6.45, 7) is 6.09. The molecule has 1 aliphatic rings. The van der Waals surface area contributed by atoms with Gasteiger partial charge in [0.15, 0.2) is 5.17 Å². The number of hydrogen-bond donors (Lipinski definition) is 1. The molecule has 1 fully saturated rings. The first-order chi connectivity index (χ1) is 13.4. The van der Waals surface area contributed by atoms with Crippen LogP contribution in [0, 0.1) is 19.7 Å². The zero-order valence-corrected chi connectivity index (χ0v) is 16.8. The topological polar surface area (TPSA) is 61.8 Å². The van der Waals surface area contributed by atoms with Crippen molar-refractivity contribution in [1.29, 1.82) is 0 Å². The fourth-order valence-corrected chi connectivity index (χ4v) is 4.25. The molecule has 5 nitrogen and oxygen atoms in total. The van der Waals surface area contributed by atoms with E-state index in [1.807, 2.05) is 39.0 Å². The number of para-hydroxylation sites is 2. The fourth-order valence-electron chi connectivity index (χ4n) is 3.03. The predicted octanol–water partition coefficient (Wildman–Crippen LogP) is 4.42. The van der Waals surface area contributed by atoms with E-state index in [-0.39, 0.29) is 23.9 Å². The standard InChI is InChI=1S/C21H22FN3O2S/c1-4-25-20(27)17(28-21(25)23-16-11-6-5-10-15(16)22)12-18(26)24-19-13(2)8-7-9-14(19)3/h5-11,17H,4,12H2,1-3H3,(H,24,26). The van der Waals surface area contributed by atoms with Crippen LogP contribution in [0.15, 0.2) is 47.5 Å². The first-order valence-corrected chi connectivity index (χ1v) is 9.96. The van der Waals surface area contributed by atoms with Crippen molar-refractivity contribution < 1.29 is 14.0 Å². The molecule has 2 aromatic rings. The predicted molar refractivity (Wildman–Crippen MR) is 111 cm³/mol. The number of thioether (sulfide) groups is 1. The Kier molecular flexibility index (Phi) is 6.14. The number of aliphatic imine (C=N–C) groups is 1. The lowest BCUT2D eigenvalue weighted by Crippen LogP contribution is -2.33. The zero-order valence-electron chi connectivity index (χ0n) is 16.0. The van der Waals surface area contributed by atoms with Crippen molar-refractivity contribution in [2.24, 2.45) is 4.99 Å². The number of aryl methyl sites for hydroxylation is 2. The van der Waals surface area contributed by atoms with Crippen LogP contribution in [0.3, 0.4) is 0 Å². The van der Waals surface area contributed by atoms with Crippen LogP contribution >= 0.6 is 11.8 Å². The highest BCUT2D eigenvalue weighted by Crippen LogP contribution is 2.32. The molecule has 3 rings (SSSR count). The summed E-state index contributed by atoms with van der Waals surface area (Å²) >= 11 is 1.20. The lowest BCUT2D eigenvalue weighted by Gasteiger charge is -2.14. The van der Waals surface area contributed by atoms with Crippen LogP contribution in [0.25, 0.3) is 0 Å². The Morgan fingerprint density at radius 2 is 1.86 bits per heavy atom. The molecule has 1 N–H and O–H groups in total. The molecule has 2 aromatic carbocycles. The summed E-state index contributed by atoms with van der Waals surface area (Å²) in [7, 11) is 0. The van der Waals surface area contributed by atoms with E-state index >= 15 is 0 Å². The van der Waals surface area contributed by atoms with Crippen LogP contribution in [-0.2, 0) is 9.59 Å². The Balaban J connectivity index is 1.75. The smallest absolute Gasteiger partial charge is 0.242 e. The maximum absolute atomic E-state index is 13.9. The second-order valence-electron chi connectivity index (χ2n) is 6.55. The van der Waals surface area contributed by atoms with Crippen LogP contribution in [0.4, 0.5) is 15.8 Å². The minimum Gasteiger partial charge on any atom is -0.326 e. The van der Waals surface area contributed by atoms with Gasteiger partial charge in [-0.05, 0) is 44.0 Å². The Morgan fingerprint density at radius 1 is 1.18 bits per heavy atom. The molecule has 7 heteroatoms. The third-order valence-electron chi connectivity index (χ3n) is 4.52. The number of carbonyl (C=O) groups excluding carboxylic acids is 2. The summed E-state index contributed by atoms with van der Waals surface area (Å²) in [5.74, 6) is -0.860. The van der Waals surface area contributed by atoms with Gasteiger partial charge in [-0.25, -0.2) is 9.38 Å². The number of nitrogens with zero attached hydrogens (tertiary/aromatic N) is 2. The molecule has 2 amide bonds. The van der Waals surface area contributed by atoms with E-state index < -0.39 is 11.1 Å². The third-order valence-corrected chi connectivity index (χ3v) is 5.70. The molecule has 28 heavy (non-hydrogen) atoms. The highest BCUT2D eigenvalue weighted by molar-refractivity contribution is 8.15. The van der Waals surface area contributed by atoms with Crippen LogP contribution in [0.5, 0.6) is 0 Å². The lowest BCUT2D eigenvalue weighted by molar-refractivity contribution is -0.128. The molecule has 0 aromatic heterocycles. The zero-order chi connectivity index (χ0) is 20.3. The van der Waals surface area contributed by atoms with Gasteiger partial charge in [-0.2, -0.15) is 0 Å². The third kappa shape index (κ3) is 4.25. The van der Waals surface area contributed by atoms with E-state index in [9.17, 15) is 14.0 Å². The molecular formula is C21H22FN3O2S. The molecule has 1 unspecified atom stereocenters. The van der Waals surface area contributed by atoms with Crippen molar-refractivity contribution in [3.8, 4) is 0 Å². The van der Waals surface area contributed by atoms with Crippen molar-refractivity contribution in [2.45, 2.75) is 32.4 Å². The van der Waals surface area contributed by atoms with Crippen LogP contribution in [0.2, 0.25) is 0 Å². The van der Waals surface area contributed by atoms with E-state index in [2.05, 4.69) is 10.3 Å². The maximum atomic E-state index is 13.9. The van der Waals surface area contributed by atoms with Crippen molar-refractivity contribution in [2.75, 3.05) is 11.9 Å². The second kappa shape index (κ2) is 8.56. The molecule has 146 valence electrons. The number of amides is 2. The summed E-state index contributed by atoms with van der Waals surface area (Å²) in [6, 6.07) is 11.9. The van der Waals surface area contributed by atoms with Gasteiger partial charge in [-0.1, -0.05) is 42.1 Å². The molecule has 1 atom stereocenters. The second-order valence-corrected chi connectivity index (χ2v) is 7.72. The highest BCUT2D eigenvalue weighted by atomic mass is 32.2. The first-order valence-electron chi connectivity index (χ1n) is 9.08. The molecule has 1 aliphatic heterocycles. The van der Waals surface area contributed by atoms with Crippen LogP contribution in [-0.4, -0.2) is 33.7 Å². The van der Waals surface area contributed by atoms with Gasteiger partial charge in [0, 0.05) is 18.7 Å². The van der Waals surface area contributed by atoms with Crippen molar-refractivity contribution >= 4 is 40.1 Å². The van der Waals surface area contributed by atoms with Crippen molar-refractivity contribution in [1.82, 2.24) is 4.90 Å². The fraction of sp³-hybridized carbons (Fsp3) is 0.286. The molecule has 0 radical (unpaired) electrons. The summed E-state index contributed by atoms with van der Waals surface area (Å²) in [5, 5.41) is 2.75. The SMILES string of the molecule is CCN1C(=O)C(CC(=O)Nc2c(C)cccc2C)SC1=Nc1ccccc1F. The number of benzene rings is 2. The Hall–Kier alpha value is -2.67. The molecule has 1 saturated heterocycles. The number of halogens is 1. The Labute approximate surface area is 168 Å². The van der Waals surface area contributed by atoms with E-state index in [1.165, 1.54) is 22.7 Å². The summed E-state index contributed by atoms with van der Waals surface area (Å²) in [5.41, 5.74) is 2.89. The average molecular weight is 399 g/mol. The number of hydrogen-bond acceptors (Lipinski definition) is 4. The Bertz CT molecular complexity index is 925. The van der Waals surface area contributed by atoms with Gasteiger partial charge in [-0.3, -0.25) is 14.5 Å². The van der Waals surface area contributed by atoms with Gasteiger partial charge >= 0.3 is 0 Å². The van der Waals surface area contributed by atoms with Gasteiger partial charge in [-0.15, -0.1) is 0 Å². The van der Waals surface area contributed by atoms with Crippen LogP contribution in [0.1, 0.15) is 24.5 Å². The van der Waals surface area contributed by atoms with Gasteiger partial charge in [0.25, 0.3) is 0 Å². The minimum atomic E-state index is -0.574. The maximum Gasteiger partial charge on any atom is 0.242 e. The molecule has 0 bridgehead atoms. The molecular weight excluding hydrogens is 377 g/mol. The molecule has 0 spiro atoms. The quantitative estimate of drug-likeness (QED) is 0.809. The largest absolute Gasteiger partial charge is 0.326 e. The summed E-state index contributed by atoms with van der Waals surface area (Å²) < 4.78 is 13.9. The molecule has 1 heterocycles. The van der Waals surface area contributed by atoms with E-state index in [1.54, 1.807) is 18.2 Å². The summed E-state index contributed by atoms with van der Waals surface area (Å²) in [6.07, 6.45) is 0.0318. The normalized spacial score (nSPS) is 18.0. The summed E-state index contributed by atoms with van der Waals surface area (Å²) in [4.78, 5) is 31.0. The van der Waals surface area contributed by atoms with Gasteiger partial charge in [0.2, 0.25) is 11.8 Å². The van der Waals surface area contributed by atoms with Gasteiger partial charge < -0.3 is 5.32 Å². The average Bonchev–Trinajstić information content (AvgIpc) is 2.94. The number of rotatable bonds is 5. The number of carbonyl (C=O) groups is 2. The van der Waals surface area contributed by atoms with E-state index in [4.69, 9.17) is 0 Å². The van der Waals surface area contributed by atoms with Crippen molar-refractivity contribution in [3.05, 3.63) is 59.4 Å². The lowest BCUT2D eigenvalue weighted by atomic mass is 10.1. The minimum absolute atomic E-state index is 0.0318. The van der Waals surface area contributed by atoms with Crippen molar-refractivity contribution in [3.63, 3.8) is 0 Å². The van der Waals surface area contributed by atoms with Gasteiger partial charge in [0.1, 0.15) is 16.8 Å². The number of anilines is 1. The van der Waals surface area contributed by atoms with Crippen LogP contribution < -0.4 is 5.32 Å². The molecule has 0 saturated carbocycles. The monoisotopic (exact) mass is 399 g/mol. The van der Waals surface area contributed by atoms with Gasteiger partial charge in [0.05, 0.1) is 0 Å². The van der Waals surface area contributed by atoms with E-state index in [0.717, 1.165) is 16.8 Å². The number of nitrogens with one attached hydrogen (secondary N) is 1. The molecule has 0 aliphatic carbocycles. The highest BCUT2D eigenvalue weighted by Gasteiger charge is 2.38. The number of amidine groups is 1. The van der Waals surface area contributed by atoms with E-state index in [0.29, 0.717) is 11.7 Å². The Morgan fingerprint density at radius 3 is 2.50 bits per heavy atom. The first kappa shape index (κ1) is 20.1.